The number of ether oxygens (including phenoxy) is 1. The maximum Gasteiger partial charge on any atom is 0.321 e. The third kappa shape index (κ3) is 4.19. The lowest BCUT2D eigenvalue weighted by Crippen LogP contribution is -2.43. The van der Waals surface area contributed by atoms with Gasteiger partial charge in [-0.3, -0.25) is 10.1 Å². The van der Waals surface area contributed by atoms with Gasteiger partial charge in [0, 0.05) is 11.5 Å². The van der Waals surface area contributed by atoms with Crippen molar-refractivity contribution >= 4 is 39.5 Å². The van der Waals surface area contributed by atoms with Crippen LogP contribution in [0.1, 0.15) is 6.92 Å². The highest BCUT2D eigenvalue weighted by atomic mass is 79.9. The first-order valence-corrected chi connectivity index (χ1v) is 6.25. The van der Waals surface area contributed by atoms with Crippen molar-refractivity contribution in [2.24, 2.45) is 0 Å². The van der Waals surface area contributed by atoms with Crippen molar-refractivity contribution in [3.05, 3.63) is 27.7 Å². The van der Waals surface area contributed by atoms with E-state index in [1.54, 1.807) is 18.2 Å². The van der Waals surface area contributed by atoms with E-state index in [1.165, 1.54) is 14.0 Å². The number of hydrogen-bond acceptors (Lipinski definition) is 3. The van der Waals surface area contributed by atoms with Crippen LogP contribution in [-0.4, -0.2) is 25.1 Å². The van der Waals surface area contributed by atoms with Crippen LogP contribution in [0.25, 0.3) is 0 Å². The Morgan fingerprint density at radius 1 is 1.44 bits per heavy atom. The van der Waals surface area contributed by atoms with Crippen molar-refractivity contribution < 1.29 is 14.3 Å². The molecule has 2 N–H and O–H groups in total. The minimum atomic E-state index is -0.832. The first kappa shape index (κ1) is 14.8. The van der Waals surface area contributed by atoms with Crippen molar-refractivity contribution in [1.29, 1.82) is 0 Å². The van der Waals surface area contributed by atoms with Gasteiger partial charge in [0.2, 0.25) is 0 Å². The van der Waals surface area contributed by atoms with Crippen LogP contribution in [0.3, 0.4) is 0 Å². The number of imide groups is 1. The molecule has 3 amide bonds. The van der Waals surface area contributed by atoms with Gasteiger partial charge in [0.05, 0.1) is 5.02 Å². The first-order chi connectivity index (χ1) is 8.43. The fraction of sp³-hybridized carbons (Fsp3) is 0.273. The molecule has 18 heavy (non-hydrogen) atoms. The third-order valence-electron chi connectivity index (χ3n) is 2.03. The van der Waals surface area contributed by atoms with Gasteiger partial charge in [-0.15, -0.1) is 0 Å². The van der Waals surface area contributed by atoms with Crippen molar-refractivity contribution in [3.8, 4) is 5.75 Å². The minimum Gasteiger partial charge on any atom is -0.479 e. The van der Waals surface area contributed by atoms with E-state index in [4.69, 9.17) is 16.3 Å². The summed E-state index contributed by atoms with van der Waals surface area (Å²) in [7, 11) is 1.42. The summed E-state index contributed by atoms with van der Waals surface area (Å²) in [5.41, 5.74) is 0. The van der Waals surface area contributed by atoms with E-state index in [0.29, 0.717) is 10.8 Å². The quantitative estimate of drug-likeness (QED) is 0.891. The Morgan fingerprint density at radius 3 is 2.67 bits per heavy atom. The maximum atomic E-state index is 11.5. The number of amides is 3. The maximum absolute atomic E-state index is 11.5. The Morgan fingerprint density at radius 2 is 2.11 bits per heavy atom. The SMILES string of the molecule is CNC(=O)NC(=O)[C@H](C)Oc1ccc(Br)cc1Cl. The molecule has 0 spiro atoms. The number of halogens is 2. The average Bonchev–Trinajstić information content (AvgIpc) is 2.32. The summed E-state index contributed by atoms with van der Waals surface area (Å²) >= 11 is 9.21. The zero-order valence-electron chi connectivity index (χ0n) is 9.79. The van der Waals surface area contributed by atoms with E-state index in [0.717, 1.165) is 4.47 Å². The Labute approximate surface area is 118 Å². The van der Waals surface area contributed by atoms with Gasteiger partial charge in [0.15, 0.2) is 6.10 Å². The van der Waals surface area contributed by atoms with Crippen LogP contribution in [0, 0.1) is 0 Å². The molecule has 0 radical (unpaired) electrons. The molecule has 0 bridgehead atoms. The summed E-state index contributed by atoms with van der Waals surface area (Å²) in [4.78, 5) is 22.5. The highest BCUT2D eigenvalue weighted by Crippen LogP contribution is 2.28. The molecule has 7 heteroatoms. The second-order valence-corrected chi connectivity index (χ2v) is 4.73. The van der Waals surface area contributed by atoms with Crippen LogP contribution in [-0.2, 0) is 4.79 Å². The molecule has 1 aromatic rings. The van der Waals surface area contributed by atoms with Gasteiger partial charge >= 0.3 is 6.03 Å². The van der Waals surface area contributed by atoms with Gasteiger partial charge in [0.25, 0.3) is 5.91 Å². The molecule has 0 aromatic heterocycles. The number of hydrogen-bond donors (Lipinski definition) is 2. The van der Waals surface area contributed by atoms with Crippen LogP contribution in [0.15, 0.2) is 22.7 Å². The molecule has 0 aliphatic carbocycles. The smallest absolute Gasteiger partial charge is 0.321 e. The zero-order valence-corrected chi connectivity index (χ0v) is 12.1. The molecule has 1 rings (SSSR count). The largest absolute Gasteiger partial charge is 0.479 e. The van der Waals surface area contributed by atoms with Gasteiger partial charge < -0.3 is 10.1 Å². The summed E-state index contributed by atoms with van der Waals surface area (Å²) in [5, 5.41) is 4.77. The van der Waals surface area contributed by atoms with Crippen molar-refractivity contribution in [1.82, 2.24) is 10.6 Å². The summed E-state index contributed by atoms with van der Waals surface area (Å²) < 4.78 is 6.17. The number of benzene rings is 1. The van der Waals surface area contributed by atoms with Gasteiger partial charge in [-0.25, -0.2) is 4.79 Å². The lowest BCUT2D eigenvalue weighted by molar-refractivity contribution is -0.126. The predicted molar refractivity (Wildman–Crippen MR) is 71.8 cm³/mol. The average molecular weight is 336 g/mol. The number of carbonyl (C=O) groups excluding carboxylic acids is 2. The van der Waals surface area contributed by atoms with Crippen LogP contribution >= 0.6 is 27.5 Å². The summed E-state index contributed by atoms with van der Waals surface area (Å²) in [6, 6.07) is 4.44. The van der Waals surface area contributed by atoms with E-state index < -0.39 is 18.0 Å². The summed E-state index contributed by atoms with van der Waals surface area (Å²) in [6.45, 7) is 1.52. The summed E-state index contributed by atoms with van der Waals surface area (Å²) in [6.07, 6.45) is -0.832. The van der Waals surface area contributed by atoms with Gasteiger partial charge in [0.1, 0.15) is 5.75 Å². The van der Waals surface area contributed by atoms with Crippen LogP contribution in [0.5, 0.6) is 5.75 Å². The monoisotopic (exact) mass is 334 g/mol. The fourth-order valence-corrected chi connectivity index (χ4v) is 1.81. The first-order valence-electron chi connectivity index (χ1n) is 5.08. The van der Waals surface area contributed by atoms with Gasteiger partial charge in [-0.05, 0) is 25.1 Å². The fourth-order valence-electron chi connectivity index (χ4n) is 1.09. The standard InChI is InChI=1S/C11H12BrClN2O3/c1-6(10(16)15-11(17)14-2)18-9-4-3-7(12)5-8(9)13/h3-6H,1-2H3,(H2,14,15,16,17)/t6-/m0/s1. The lowest BCUT2D eigenvalue weighted by Gasteiger charge is -2.15. The van der Waals surface area contributed by atoms with Crippen molar-refractivity contribution in [2.75, 3.05) is 7.05 Å². The van der Waals surface area contributed by atoms with Crippen molar-refractivity contribution in [3.63, 3.8) is 0 Å². The topological polar surface area (TPSA) is 67.4 Å². The molecule has 0 saturated heterocycles. The van der Waals surface area contributed by atoms with E-state index in [2.05, 4.69) is 26.6 Å². The summed E-state index contributed by atoms with van der Waals surface area (Å²) in [5.74, 6) is -0.173. The minimum absolute atomic E-state index is 0.374. The second kappa shape index (κ2) is 6.61. The number of rotatable bonds is 3. The molecule has 0 fully saturated rings. The van der Waals surface area contributed by atoms with E-state index in [9.17, 15) is 9.59 Å². The molecule has 5 nitrogen and oxygen atoms in total. The lowest BCUT2D eigenvalue weighted by atomic mass is 10.3. The molecule has 1 atom stereocenters. The number of nitrogens with one attached hydrogen (secondary N) is 2. The van der Waals surface area contributed by atoms with E-state index in [1.807, 2.05) is 0 Å². The number of carbonyl (C=O) groups is 2. The number of urea groups is 1. The van der Waals surface area contributed by atoms with E-state index >= 15 is 0 Å². The molecular formula is C11H12BrClN2O3. The van der Waals surface area contributed by atoms with Crippen LogP contribution in [0.2, 0.25) is 5.02 Å². The third-order valence-corrected chi connectivity index (χ3v) is 2.82. The highest BCUT2D eigenvalue weighted by Gasteiger charge is 2.17. The molecule has 0 aliphatic heterocycles. The molecule has 98 valence electrons. The molecule has 0 aliphatic rings. The Kier molecular flexibility index (Phi) is 5.43. The highest BCUT2D eigenvalue weighted by molar-refractivity contribution is 9.10. The molecule has 0 unspecified atom stereocenters. The zero-order chi connectivity index (χ0) is 13.7. The molecule has 0 saturated carbocycles. The Bertz CT molecular complexity index is 468. The molecule has 0 heterocycles. The van der Waals surface area contributed by atoms with Crippen molar-refractivity contribution in [2.45, 2.75) is 13.0 Å². The molecule has 1 aromatic carbocycles. The Hall–Kier alpha value is -1.27. The van der Waals surface area contributed by atoms with E-state index in [-0.39, 0.29) is 0 Å². The second-order valence-electron chi connectivity index (χ2n) is 3.40. The Balaban J connectivity index is 2.66. The molecular weight excluding hydrogens is 323 g/mol. The van der Waals surface area contributed by atoms with Gasteiger partial charge in [-0.2, -0.15) is 0 Å². The normalized spacial score (nSPS) is 11.6. The van der Waals surface area contributed by atoms with Gasteiger partial charge in [-0.1, -0.05) is 27.5 Å². The predicted octanol–water partition coefficient (Wildman–Crippen LogP) is 2.33. The van der Waals surface area contributed by atoms with Crippen LogP contribution in [0.4, 0.5) is 4.79 Å². The van der Waals surface area contributed by atoms with Crippen LogP contribution < -0.4 is 15.4 Å².